The van der Waals surface area contributed by atoms with Crippen molar-refractivity contribution in [1.82, 2.24) is 0 Å². The van der Waals surface area contributed by atoms with Gasteiger partial charge >= 0.3 is 10.1 Å². The van der Waals surface area contributed by atoms with Crippen molar-refractivity contribution in [3.05, 3.63) is 53.8 Å². The lowest BCUT2D eigenvalue weighted by Crippen LogP contribution is -2.10. The molecular weight excluding hydrogens is 271 g/mol. The van der Waals surface area contributed by atoms with Crippen molar-refractivity contribution in [2.24, 2.45) is 0 Å². The fourth-order valence-electron chi connectivity index (χ4n) is 1.57. The average molecular weight is 282 g/mol. The van der Waals surface area contributed by atoms with Crippen LogP contribution in [0.15, 0.2) is 47.4 Å². The quantitative estimate of drug-likeness (QED) is 0.879. The molecule has 0 bridgehead atoms. The summed E-state index contributed by atoms with van der Waals surface area (Å²) in [6, 6.07) is 8.60. The van der Waals surface area contributed by atoms with Gasteiger partial charge in [-0.2, -0.15) is 8.42 Å². The molecule has 0 spiro atoms. The molecule has 2 aromatic rings. The molecule has 6 heteroatoms. The van der Waals surface area contributed by atoms with E-state index in [0.717, 1.165) is 12.1 Å². The summed E-state index contributed by atoms with van der Waals surface area (Å²) in [5.74, 6) is -0.803. The van der Waals surface area contributed by atoms with Gasteiger partial charge in [-0.15, -0.1) is 0 Å². The van der Waals surface area contributed by atoms with Gasteiger partial charge < -0.3 is 9.29 Å². The van der Waals surface area contributed by atoms with Crippen LogP contribution in [0, 0.1) is 12.7 Å². The van der Waals surface area contributed by atoms with E-state index < -0.39 is 15.9 Å². The molecule has 0 fully saturated rings. The van der Waals surface area contributed by atoms with Crippen molar-refractivity contribution >= 4 is 10.1 Å². The van der Waals surface area contributed by atoms with Gasteiger partial charge in [0, 0.05) is 6.07 Å². The first kappa shape index (κ1) is 13.4. The molecule has 4 nitrogen and oxygen atoms in total. The van der Waals surface area contributed by atoms with E-state index in [4.69, 9.17) is 4.18 Å². The first-order chi connectivity index (χ1) is 8.87. The van der Waals surface area contributed by atoms with Crippen LogP contribution < -0.4 is 4.18 Å². The predicted octanol–water partition coefficient (Wildman–Crippen LogP) is 2.61. The third-order valence-corrected chi connectivity index (χ3v) is 3.57. The van der Waals surface area contributed by atoms with Crippen LogP contribution in [0.25, 0.3) is 0 Å². The molecule has 0 aliphatic heterocycles. The van der Waals surface area contributed by atoms with Gasteiger partial charge in [-0.3, -0.25) is 0 Å². The Bertz CT molecular complexity index is 690. The number of rotatable bonds is 3. The van der Waals surface area contributed by atoms with E-state index in [0.29, 0.717) is 5.56 Å². The number of benzene rings is 2. The van der Waals surface area contributed by atoms with E-state index in [-0.39, 0.29) is 16.4 Å². The minimum Gasteiger partial charge on any atom is -0.508 e. The van der Waals surface area contributed by atoms with Crippen LogP contribution in [0.2, 0.25) is 0 Å². The summed E-state index contributed by atoms with van der Waals surface area (Å²) in [6.45, 7) is 1.68. The number of phenols is 1. The van der Waals surface area contributed by atoms with Crippen LogP contribution >= 0.6 is 0 Å². The van der Waals surface area contributed by atoms with Crippen molar-refractivity contribution in [3.8, 4) is 11.5 Å². The normalized spacial score (nSPS) is 11.3. The van der Waals surface area contributed by atoms with Crippen LogP contribution in [-0.2, 0) is 10.1 Å². The zero-order chi connectivity index (χ0) is 14.0. The number of phenolic OH excluding ortho intramolecular Hbond substituents is 1. The zero-order valence-electron chi connectivity index (χ0n) is 10.00. The lowest BCUT2D eigenvalue weighted by molar-refractivity contribution is 0.462. The minimum atomic E-state index is -4.12. The molecule has 0 saturated carbocycles. The van der Waals surface area contributed by atoms with E-state index in [1.807, 2.05) is 0 Å². The van der Waals surface area contributed by atoms with Crippen LogP contribution in [0.1, 0.15) is 5.56 Å². The molecule has 2 rings (SSSR count). The van der Waals surface area contributed by atoms with E-state index >= 15 is 0 Å². The topological polar surface area (TPSA) is 63.6 Å². The number of halogens is 1. The molecule has 2 aromatic carbocycles. The summed E-state index contributed by atoms with van der Waals surface area (Å²) in [6.07, 6.45) is 0. The summed E-state index contributed by atoms with van der Waals surface area (Å²) in [4.78, 5) is -0.284. The Hall–Kier alpha value is -2.08. The van der Waals surface area contributed by atoms with Gasteiger partial charge in [0.15, 0.2) is 0 Å². The number of aromatic hydroxyl groups is 1. The predicted molar refractivity (Wildman–Crippen MR) is 67.1 cm³/mol. The van der Waals surface area contributed by atoms with Gasteiger partial charge in [0.2, 0.25) is 0 Å². The number of hydrogen-bond donors (Lipinski definition) is 1. The zero-order valence-corrected chi connectivity index (χ0v) is 10.8. The highest BCUT2D eigenvalue weighted by atomic mass is 32.2. The van der Waals surface area contributed by atoms with Crippen molar-refractivity contribution in [2.45, 2.75) is 11.8 Å². The highest BCUT2D eigenvalue weighted by molar-refractivity contribution is 7.87. The van der Waals surface area contributed by atoms with Gasteiger partial charge in [0.1, 0.15) is 22.2 Å². The lowest BCUT2D eigenvalue weighted by atomic mass is 10.2. The molecule has 0 atom stereocenters. The molecule has 0 unspecified atom stereocenters. The Kier molecular flexibility index (Phi) is 3.44. The van der Waals surface area contributed by atoms with Gasteiger partial charge in [-0.1, -0.05) is 6.07 Å². The third-order valence-electron chi connectivity index (χ3n) is 2.33. The lowest BCUT2D eigenvalue weighted by Gasteiger charge is -2.08. The molecule has 19 heavy (non-hydrogen) atoms. The van der Waals surface area contributed by atoms with E-state index in [2.05, 4.69) is 0 Å². The Labute approximate surface area is 110 Å². The molecular formula is C13H11FO4S. The Morgan fingerprint density at radius 1 is 1.16 bits per heavy atom. The molecule has 1 N–H and O–H groups in total. The standard InChI is InChI=1S/C13H11FO4S/c1-9-5-11(15)8-12(6-9)18-19(16,17)13-4-2-3-10(14)7-13/h2-8,15H,1H3. The maximum absolute atomic E-state index is 13.0. The largest absolute Gasteiger partial charge is 0.508 e. The summed E-state index contributed by atoms with van der Waals surface area (Å²) in [5.41, 5.74) is 0.643. The van der Waals surface area contributed by atoms with Crippen LogP contribution in [0.3, 0.4) is 0 Å². The Morgan fingerprint density at radius 3 is 2.53 bits per heavy atom. The SMILES string of the molecule is Cc1cc(O)cc(OS(=O)(=O)c2cccc(F)c2)c1. The highest BCUT2D eigenvalue weighted by Crippen LogP contribution is 2.24. The van der Waals surface area contributed by atoms with E-state index in [1.165, 1.54) is 30.3 Å². The van der Waals surface area contributed by atoms with Gasteiger partial charge in [0.25, 0.3) is 0 Å². The smallest absolute Gasteiger partial charge is 0.339 e. The summed E-state index contributed by atoms with van der Waals surface area (Å²) >= 11 is 0. The summed E-state index contributed by atoms with van der Waals surface area (Å²) < 4.78 is 41.7. The van der Waals surface area contributed by atoms with Crippen LogP contribution in [0.5, 0.6) is 11.5 Å². The van der Waals surface area contributed by atoms with Crippen LogP contribution in [0.4, 0.5) is 4.39 Å². The average Bonchev–Trinajstić information content (AvgIpc) is 2.26. The Morgan fingerprint density at radius 2 is 1.89 bits per heavy atom. The van der Waals surface area contributed by atoms with Gasteiger partial charge in [-0.05, 0) is 42.8 Å². The summed E-state index contributed by atoms with van der Waals surface area (Å²) in [5, 5.41) is 9.37. The maximum atomic E-state index is 13.0. The molecule has 0 aromatic heterocycles. The number of hydrogen-bond acceptors (Lipinski definition) is 4. The van der Waals surface area contributed by atoms with E-state index in [1.54, 1.807) is 6.92 Å². The van der Waals surface area contributed by atoms with Crippen molar-refractivity contribution in [2.75, 3.05) is 0 Å². The first-order valence-electron chi connectivity index (χ1n) is 5.37. The number of aryl methyl sites for hydroxylation is 1. The second kappa shape index (κ2) is 4.89. The summed E-state index contributed by atoms with van der Waals surface area (Å²) in [7, 11) is -4.12. The highest BCUT2D eigenvalue weighted by Gasteiger charge is 2.17. The van der Waals surface area contributed by atoms with Crippen molar-refractivity contribution < 1.29 is 22.1 Å². The molecule has 0 saturated heterocycles. The third kappa shape index (κ3) is 3.23. The molecule has 0 aliphatic carbocycles. The minimum absolute atomic E-state index is 0.0261. The first-order valence-corrected chi connectivity index (χ1v) is 6.78. The monoisotopic (exact) mass is 282 g/mol. The molecule has 0 radical (unpaired) electrons. The maximum Gasteiger partial charge on any atom is 0.339 e. The molecule has 0 heterocycles. The fraction of sp³-hybridized carbons (Fsp3) is 0.0769. The molecule has 100 valence electrons. The van der Waals surface area contributed by atoms with Gasteiger partial charge in [-0.25, -0.2) is 4.39 Å². The Balaban J connectivity index is 2.36. The second-order valence-corrected chi connectivity index (χ2v) is 5.55. The fourth-order valence-corrected chi connectivity index (χ4v) is 2.52. The second-order valence-electron chi connectivity index (χ2n) is 4.00. The van der Waals surface area contributed by atoms with Crippen molar-refractivity contribution in [3.63, 3.8) is 0 Å². The molecule has 0 aliphatic rings. The van der Waals surface area contributed by atoms with Crippen LogP contribution in [-0.4, -0.2) is 13.5 Å². The molecule has 0 amide bonds. The van der Waals surface area contributed by atoms with Gasteiger partial charge in [0.05, 0.1) is 0 Å². The van der Waals surface area contributed by atoms with E-state index in [9.17, 15) is 17.9 Å². The van der Waals surface area contributed by atoms with Crippen molar-refractivity contribution in [1.29, 1.82) is 0 Å².